The van der Waals surface area contributed by atoms with Crippen LogP contribution < -0.4 is 0 Å². The first kappa shape index (κ1) is 31.7. The number of hydrogen-bond donors (Lipinski definition) is 1. The molecule has 0 amide bonds. The highest BCUT2D eigenvalue weighted by Crippen LogP contribution is 2.35. The Morgan fingerprint density at radius 1 is 0.833 bits per heavy atom. The Kier molecular flexibility index (Phi) is 14.4. The number of carbonyl (C=O) groups excluding carboxylic acids is 1. The van der Waals surface area contributed by atoms with Crippen molar-refractivity contribution < 1.29 is 30.4 Å². The van der Waals surface area contributed by atoms with E-state index in [1.165, 1.54) is 5.56 Å². The Bertz CT molecular complexity index is 1110. The Morgan fingerprint density at radius 2 is 1.31 bits per heavy atom. The average molecular weight is 539 g/mol. The fourth-order valence-electron chi connectivity index (χ4n) is 4.20. The fourth-order valence-corrected chi connectivity index (χ4v) is 5.03. The lowest BCUT2D eigenvalue weighted by Gasteiger charge is -2.26. The molecular formula is C27H38O7S2. The predicted octanol–water partition coefficient (Wildman–Crippen LogP) is 6.06. The summed E-state index contributed by atoms with van der Waals surface area (Å²) in [5.74, 6) is 0.845. The lowest BCUT2D eigenvalue weighted by molar-refractivity contribution is -0.119. The van der Waals surface area contributed by atoms with Crippen LogP contribution in [0, 0.1) is 0 Å². The number of rotatable bonds is 15. The second-order valence-electron chi connectivity index (χ2n) is 9.29. The summed E-state index contributed by atoms with van der Waals surface area (Å²) >= 11 is 0. The molecule has 0 fully saturated rings. The van der Waals surface area contributed by atoms with Crippen molar-refractivity contribution in [3.63, 3.8) is 0 Å². The van der Waals surface area contributed by atoms with E-state index in [0.29, 0.717) is 42.9 Å². The van der Waals surface area contributed by atoms with Gasteiger partial charge in [-0.1, -0.05) is 93.3 Å². The average Bonchev–Trinajstić information content (AvgIpc) is 2.83. The summed E-state index contributed by atoms with van der Waals surface area (Å²) in [7, 11) is -7.34. The maximum absolute atomic E-state index is 12.2. The zero-order valence-corrected chi connectivity index (χ0v) is 22.8. The highest BCUT2D eigenvalue weighted by atomic mass is 32.2. The Balaban J connectivity index is 0.00000150. The summed E-state index contributed by atoms with van der Waals surface area (Å²) in [6.07, 6.45) is 8.00. The lowest BCUT2D eigenvalue weighted by Crippen LogP contribution is -2.32. The molecule has 2 aromatic rings. The molecule has 0 saturated carbocycles. The Labute approximate surface area is 217 Å². The van der Waals surface area contributed by atoms with Crippen LogP contribution in [0.25, 0.3) is 0 Å². The molecule has 2 rings (SSSR count). The highest BCUT2D eigenvalue weighted by Gasteiger charge is 2.39. The number of benzene rings is 2. The van der Waals surface area contributed by atoms with Crippen LogP contribution in [0.2, 0.25) is 0 Å². The summed E-state index contributed by atoms with van der Waals surface area (Å²) in [5.41, 5.74) is 1.97. The first-order valence-corrected chi connectivity index (χ1v) is 14.8. The molecule has 0 saturated heterocycles. The minimum absolute atomic E-state index is 0.293. The van der Waals surface area contributed by atoms with Gasteiger partial charge in [-0.2, -0.15) is 8.42 Å². The van der Waals surface area contributed by atoms with E-state index in [2.05, 4.69) is 31.2 Å². The molecule has 0 radical (unpaired) electrons. The van der Waals surface area contributed by atoms with Crippen molar-refractivity contribution in [1.29, 1.82) is 0 Å². The van der Waals surface area contributed by atoms with Gasteiger partial charge in [0.25, 0.3) is 10.1 Å². The third-order valence-electron chi connectivity index (χ3n) is 6.52. The van der Waals surface area contributed by atoms with Gasteiger partial charge in [-0.15, -0.1) is 12.6 Å². The van der Waals surface area contributed by atoms with Crippen LogP contribution in [-0.2, 0) is 30.3 Å². The molecule has 0 heterocycles. The Morgan fingerprint density at radius 3 is 1.81 bits per heavy atom. The van der Waals surface area contributed by atoms with Gasteiger partial charge in [-0.05, 0) is 49.7 Å². The van der Waals surface area contributed by atoms with Gasteiger partial charge in [0.05, 0.1) is 0 Å². The first-order valence-electron chi connectivity index (χ1n) is 12.3. The maximum atomic E-state index is 12.2. The molecule has 36 heavy (non-hydrogen) atoms. The molecule has 0 bridgehead atoms. The van der Waals surface area contributed by atoms with Crippen molar-refractivity contribution >= 4 is 26.5 Å². The molecule has 2 atom stereocenters. The molecule has 2 unspecified atom stereocenters. The highest BCUT2D eigenvalue weighted by molar-refractivity contribution is 7.86. The van der Waals surface area contributed by atoms with Gasteiger partial charge in [-0.3, -0.25) is 9.35 Å². The van der Waals surface area contributed by atoms with Gasteiger partial charge in [-0.25, -0.2) is 0 Å². The lowest BCUT2D eigenvalue weighted by atomic mass is 9.93. The van der Waals surface area contributed by atoms with E-state index < -0.39 is 25.5 Å². The number of unbranched alkanes of at least 4 members (excludes halogenated alkanes) is 4. The van der Waals surface area contributed by atoms with Gasteiger partial charge in [0.15, 0.2) is 0 Å². The summed E-state index contributed by atoms with van der Waals surface area (Å²) in [6, 6.07) is 19.4. The molecule has 0 aromatic heterocycles. The molecule has 1 N–H and O–H groups in total. The van der Waals surface area contributed by atoms with Gasteiger partial charge in [0.1, 0.15) is 10.5 Å². The molecule has 0 spiro atoms. The number of ketones is 1. The van der Waals surface area contributed by atoms with E-state index in [4.69, 9.17) is 12.6 Å². The third kappa shape index (κ3) is 12.1. The van der Waals surface area contributed by atoms with Crippen LogP contribution in [0.4, 0.5) is 0 Å². The third-order valence-corrected chi connectivity index (χ3v) is 8.10. The van der Waals surface area contributed by atoms with Crippen LogP contribution in [0.15, 0.2) is 60.7 Å². The maximum Gasteiger partial charge on any atom is 0.425 e. The number of Topliss-reactive ketones (excluding diaryl/α,β-unsaturated/α-hetero) is 1. The second kappa shape index (κ2) is 16.4. The normalized spacial score (nSPS) is 13.6. The first-order chi connectivity index (χ1) is 17.0. The molecule has 200 valence electrons. The monoisotopic (exact) mass is 538 g/mol. The van der Waals surface area contributed by atoms with Crippen molar-refractivity contribution in [3.05, 3.63) is 71.8 Å². The molecule has 0 aliphatic carbocycles. The predicted molar refractivity (Wildman–Crippen MR) is 141 cm³/mol. The van der Waals surface area contributed by atoms with Crippen LogP contribution in [0.5, 0.6) is 0 Å². The smallest absolute Gasteiger partial charge is 0.300 e. The zero-order chi connectivity index (χ0) is 27.0. The molecule has 2 aromatic carbocycles. The van der Waals surface area contributed by atoms with Gasteiger partial charge in [0.2, 0.25) is 0 Å². The van der Waals surface area contributed by atoms with Crippen LogP contribution in [0.1, 0.15) is 95.1 Å². The molecule has 9 heteroatoms. The minimum Gasteiger partial charge on any atom is -0.300 e. The number of carbonyl (C=O) groups is 1. The molecular weight excluding hydrogens is 500 g/mol. The van der Waals surface area contributed by atoms with Crippen LogP contribution in [0.3, 0.4) is 0 Å². The summed E-state index contributed by atoms with van der Waals surface area (Å²) in [6.45, 7) is 3.83. The van der Waals surface area contributed by atoms with Crippen LogP contribution in [-0.4, -0.2) is 31.4 Å². The van der Waals surface area contributed by atoms with E-state index >= 15 is 0 Å². The van der Waals surface area contributed by atoms with E-state index in [0.717, 1.165) is 38.5 Å². The largest absolute Gasteiger partial charge is 0.425 e. The van der Waals surface area contributed by atoms with Crippen molar-refractivity contribution in [1.82, 2.24) is 0 Å². The summed E-state index contributed by atoms with van der Waals surface area (Å²) < 4.78 is 57.9. The van der Waals surface area contributed by atoms with E-state index in [1.54, 1.807) is 31.2 Å². The minimum atomic E-state index is -4.23. The SMILES string of the molecule is CC(CCCCCC(=O)CCCCCC(C)(c1ccccc1)S(=O)(=O)O)c1ccccc1.O=S(=O)=O. The molecule has 0 aliphatic rings. The van der Waals surface area contributed by atoms with E-state index in [-0.39, 0.29) is 0 Å². The second-order valence-corrected chi connectivity index (χ2v) is 11.5. The van der Waals surface area contributed by atoms with Crippen molar-refractivity contribution in [2.75, 3.05) is 0 Å². The quantitative estimate of drug-likeness (QED) is 0.216. The van der Waals surface area contributed by atoms with E-state index in [9.17, 15) is 17.8 Å². The topological polar surface area (TPSA) is 123 Å². The molecule has 0 aliphatic heterocycles. The summed E-state index contributed by atoms with van der Waals surface area (Å²) in [5, 5.41) is 0. The van der Waals surface area contributed by atoms with Crippen LogP contribution >= 0.6 is 0 Å². The van der Waals surface area contributed by atoms with Gasteiger partial charge in [0, 0.05) is 12.8 Å². The van der Waals surface area contributed by atoms with Crippen molar-refractivity contribution in [2.24, 2.45) is 0 Å². The fraction of sp³-hybridized carbons (Fsp3) is 0.519. The molecule has 7 nitrogen and oxygen atoms in total. The number of hydrogen-bond acceptors (Lipinski definition) is 6. The Hall–Kier alpha value is -2.36. The van der Waals surface area contributed by atoms with Crippen molar-refractivity contribution in [2.45, 2.75) is 88.7 Å². The zero-order valence-electron chi connectivity index (χ0n) is 21.1. The van der Waals surface area contributed by atoms with Gasteiger partial charge >= 0.3 is 10.6 Å². The standard InChI is InChI=1S/C27H38O4S.O3S/c1-23(24-16-8-4-9-17-24)15-7-3-12-20-26(28)21-13-6-14-22-27(2,32(29,30)31)25-18-10-5-11-19-25;1-4(2)3/h4-5,8-11,16-19,23H,3,6-7,12-15,20-22H2,1-2H3,(H,29,30,31);. The van der Waals surface area contributed by atoms with E-state index in [1.807, 2.05) is 12.1 Å². The summed E-state index contributed by atoms with van der Waals surface area (Å²) in [4.78, 5) is 12.2. The van der Waals surface area contributed by atoms with Crippen molar-refractivity contribution in [3.8, 4) is 0 Å². The van der Waals surface area contributed by atoms with Gasteiger partial charge < -0.3 is 0 Å².